The molecule has 25 heavy (non-hydrogen) atoms. The molecule has 0 rings (SSSR count). The topological polar surface area (TPSA) is 149 Å². The number of carbonyl (C=O) groups is 4. The van der Waals surface area contributed by atoms with Crippen LogP contribution in [-0.2, 0) is 19.2 Å². The molecule has 4 N–H and O–H groups in total. The number of carboxylic acid groups (broad SMARTS) is 3. The quantitative estimate of drug-likeness (QED) is 0.428. The second-order valence-electron chi connectivity index (χ2n) is 7.33. The summed E-state index contributed by atoms with van der Waals surface area (Å²) in [6.07, 6.45) is -1.39. The lowest BCUT2D eigenvalue weighted by molar-refractivity contribution is -0.185. The van der Waals surface area contributed by atoms with E-state index in [4.69, 9.17) is 5.11 Å². The van der Waals surface area contributed by atoms with Crippen LogP contribution < -0.4 is 0 Å². The van der Waals surface area contributed by atoms with Crippen LogP contribution in [0.3, 0.4) is 0 Å². The predicted molar refractivity (Wildman–Crippen MR) is 87.9 cm³/mol. The molecule has 0 amide bonds. The highest BCUT2D eigenvalue weighted by molar-refractivity contribution is 6.07. The molecule has 0 bridgehead atoms. The van der Waals surface area contributed by atoms with Gasteiger partial charge in [0.25, 0.3) is 0 Å². The van der Waals surface area contributed by atoms with E-state index in [0.29, 0.717) is 0 Å². The number of carboxylic acids is 3. The fourth-order valence-corrected chi connectivity index (χ4v) is 4.17. The average Bonchev–Trinajstić information content (AvgIpc) is 2.35. The van der Waals surface area contributed by atoms with Gasteiger partial charge in [-0.2, -0.15) is 0 Å². The van der Waals surface area contributed by atoms with E-state index in [-0.39, 0.29) is 17.8 Å². The fraction of sp³-hybridized carbons (Fsp3) is 0.765. The molecule has 8 nitrogen and oxygen atoms in total. The summed E-state index contributed by atoms with van der Waals surface area (Å²) in [6, 6.07) is 0. The largest absolute Gasteiger partial charge is 0.481 e. The molecule has 0 spiro atoms. The summed E-state index contributed by atoms with van der Waals surface area (Å²) in [7, 11) is 0. The minimum Gasteiger partial charge on any atom is -0.481 e. The van der Waals surface area contributed by atoms with Crippen molar-refractivity contribution in [1.82, 2.24) is 0 Å². The van der Waals surface area contributed by atoms with Crippen molar-refractivity contribution in [1.29, 1.82) is 0 Å². The molecule has 0 aliphatic carbocycles. The molecule has 2 unspecified atom stereocenters. The summed E-state index contributed by atoms with van der Waals surface area (Å²) in [5.74, 6) is -10.1. The molecule has 0 saturated heterocycles. The molecule has 0 heterocycles. The van der Waals surface area contributed by atoms with E-state index in [1.165, 1.54) is 0 Å². The van der Waals surface area contributed by atoms with E-state index in [9.17, 15) is 34.5 Å². The van der Waals surface area contributed by atoms with E-state index in [2.05, 4.69) is 0 Å². The van der Waals surface area contributed by atoms with Crippen molar-refractivity contribution in [3.63, 3.8) is 0 Å². The van der Waals surface area contributed by atoms with Crippen molar-refractivity contribution in [2.24, 2.45) is 29.1 Å². The summed E-state index contributed by atoms with van der Waals surface area (Å²) in [4.78, 5) is 47.5. The summed E-state index contributed by atoms with van der Waals surface area (Å²) in [5.41, 5.74) is -4.48. The first-order chi connectivity index (χ1) is 11.2. The molecule has 0 aliphatic heterocycles. The Morgan fingerprint density at radius 2 is 1.16 bits per heavy atom. The number of ketones is 1. The Kier molecular flexibility index (Phi) is 7.32. The number of aliphatic hydroxyl groups is 1. The van der Waals surface area contributed by atoms with E-state index in [1.807, 2.05) is 0 Å². The first kappa shape index (κ1) is 23.0. The molecule has 0 radical (unpaired) electrons. The highest BCUT2D eigenvalue weighted by Gasteiger charge is 2.60. The van der Waals surface area contributed by atoms with Crippen LogP contribution in [0.4, 0.5) is 0 Å². The van der Waals surface area contributed by atoms with Gasteiger partial charge in [0.05, 0.1) is 6.42 Å². The zero-order valence-electron chi connectivity index (χ0n) is 15.4. The maximum Gasteiger partial charge on any atom is 0.337 e. The maximum absolute atomic E-state index is 13.3. The number of hydrogen-bond acceptors (Lipinski definition) is 5. The fourth-order valence-electron chi connectivity index (χ4n) is 4.17. The summed E-state index contributed by atoms with van der Waals surface area (Å²) < 4.78 is 0. The SMILES string of the molecule is CC(C)C(C(=O)C(C(=O)O)C(O)(CC(=O)O)C(=O)O)(C(C)C)C(C)C. The third kappa shape index (κ3) is 4.00. The molecule has 0 aromatic rings. The minimum absolute atomic E-state index is 0.357. The minimum atomic E-state index is -3.24. The number of aliphatic carboxylic acids is 3. The molecule has 144 valence electrons. The molecule has 2 atom stereocenters. The van der Waals surface area contributed by atoms with Gasteiger partial charge in [0.2, 0.25) is 0 Å². The van der Waals surface area contributed by atoms with Crippen molar-refractivity contribution in [2.45, 2.75) is 53.6 Å². The predicted octanol–water partition coefficient (Wildman–Crippen LogP) is 1.50. The van der Waals surface area contributed by atoms with Gasteiger partial charge < -0.3 is 20.4 Å². The Morgan fingerprint density at radius 1 is 0.800 bits per heavy atom. The van der Waals surface area contributed by atoms with Gasteiger partial charge in [0.1, 0.15) is 0 Å². The molecule has 0 fully saturated rings. The first-order valence-corrected chi connectivity index (χ1v) is 8.11. The first-order valence-electron chi connectivity index (χ1n) is 8.11. The van der Waals surface area contributed by atoms with Crippen LogP contribution in [0.25, 0.3) is 0 Å². The van der Waals surface area contributed by atoms with E-state index < -0.39 is 47.0 Å². The lowest BCUT2D eigenvalue weighted by Gasteiger charge is -2.46. The Morgan fingerprint density at radius 3 is 1.36 bits per heavy atom. The average molecular weight is 360 g/mol. The van der Waals surface area contributed by atoms with Crippen molar-refractivity contribution < 1.29 is 39.6 Å². The van der Waals surface area contributed by atoms with E-state index in [1.54, 1.807) is 41.5 Å². The van der Waals surface area contributed by atoms with Crippen LogP contribution in [0.5, 0.6) is 0 Å². The third-order valence-electron chi connectivity index (χ3n) is 5.07. The van der Waals surface area contributed by atoms with Crippen molar-refractivity contribution >= 4 is 23.7 Å². The van der Waals surface area contributed by atoms with Gasteiger partial charge in [-0.15, -0.1) is 0 Å². The highest BCUT2D eigenvalue weighted by atomic mass is 16.4. The van der Waals surface area contributed by atoms with Gasteiger partial charge in [0.15, 0.2) is 17.3 Å². The second kappa shape index (κ2) is 7.95. The van der Waals surface area contributed by atoms with Crippen LogP contribution in [0.1, 0.15) is 48.0 Å². The second-order valence-corrected chi connectivity index (χ2v) is 7.33. The smallest absolute Gasteiger partial charge is 0.337 e. The lowest BCUT2D eigenvalue weighted by atomic mass is 9.56. The summed E-state index contributed by atoms with van der Waals surface area (Å²) in [6.45, 7) is 10.3. The normalized spacial score (nSPS) is 15.9. The molecular weight excluding hydrogens is 332 g/mol. The lowest BCUT2D eigenvalue weighted by Crippen LogP contribution is -2.60. The molecule has 0 aliphatic rings. The summed E-state index contributed by atoms with van der Waals surface area (Å²) >= 11 is 0. The summed E-state index contributed by atoms with van der Waals surface area (Å²) in [5, 5.41) is 38.1. The van der Waals surface area contributed by atoms with Gasteiger partial charge in [-0.1, -0.05) is 41.5 Å². The number of carbonyl (C=O) groups excluding carboxylic acids is 1. The zero-order valence-corrected chi connectivity index (χ0v) is 15.4. The Hall–Kier alpha value is -1.96. The van der Waals surface area contributed by atoms with Gasteiger partial charge >= 0.3 is 17.9 Å². The molecule has 0 aromatic carbocycles. The van der Waals surface area contributed by atoms with Crippen molar-refractivity contribution in [3.05, 3.63) is 0 Å². The third-order valence-corrected chi connectivity index (χ3v) is 5.07. The number of rotatable bonds is 10. The Balaban J connectivity index is 6.61. The molecule has 0 aromatic heterocycles. The highest BCUT2D eigenvalue weighted by Crippen LogP contribution is 2.47. The monoisotopic (exact) mass is 360 g/mol. The van der Waals surface area contributed by atoms with Gasteiger partial charge in [-0.05, 0) is 17.8 Å². The number of hydrogen-bond donors (Lipinski definition) is 4. The molecule has 8 heteroatoms. The number of Topliss-reactive ketones (excluding diaryl/α,β-unsaturated/α-hetero) is 1. The van der Waals surface area contributed by atoms with Gasteiger partial charge in [-0.25, -0.2) is 4.79 Å². The standard InChI is InChI=1S/C17H28O8/c1-8(2)17(9(3)4,10(5)6)13(20)12(14(21)22)16(25,15(23)24)7-11(18)19/h8-10,12,25H,7H2,1-6H3,(H,18,19)(H,21,22)(H,23,24). The Labute approximate surface area is 146 Å². The maximum atomic E-state index is 13.3. The van der Waals surface area contributed by atoms with Crippen molar-refractivity contribution in [3.8, 4) is 0 Å². The van der Waals surface area contributed by atoms with E-state index in [0.717, 1.165) is 0 Å². The Bertz CT molecular complexity index is 527. The van der Waals surface area contributed by atoms with Crippen molar-refractivity contribution in [2.75, 3.05) is 0 Å². The molecular formula is C17H28O8. The van der Waals surface area contributed by atoms with Crippen LogP contribution in [0.2, 0.25) is 0 Å². The van der Waals surface area contributed by atoms with Crippen LogP contribution in [-0.4, -0.2) is 49.7 Å². The van der Waals surface area contributed by atoms with Crippen LogP contribution in [0.15, 0.2) is 0 Å². The van der Waals surface area contributed by atoms with Crippen LogP contribution >= 0.6 is 0 Å². The van der Waals surface area contributed by atoms with Gasteiger partial charge in [0, 0.05) is 5.41 Å². The zero-order chi connectivity index (χ0) is 20.3. The van der Waals surface area contributed by atoms with Gasteiger partial charge in [-0.3, -0.25) is 14.4 Å². The van der Waals surface area contributed by atoms with Crippen LogP contribution in [0, 0.1) is 29.1 Å². The molecule has 0 saturated carbocycles. The van der Waals surface area contributed by atoms with E-state index >= 15 is 0 Å².